The van der Waals surface area contributed by atoms with Gasteiger partial charge in [0.1, 0.15) is 0 Å². The molecule has 6 heteroatoms. The molecule has 1 aromatic rings. The summed E-state index contributed by atoms with van der Waals surface area (Å²) < 4.78 is 35.9. The number of halogens is 3. The smallest absolute Gasteiger partial charge is 0.352 e. The van der Waals surface area contributed by atoms with Crippen LogP contribution in [0.5, 0.6) is 0 Å². The first kappa shape index (κ1) is 13.9. The molecule has 0 bridgehead atoms. The van der Waals surface area contributed by atoms with Crippen LogP contribution in [0.1, 0.15) is 27.9 Å². The van der Waals surface area contributed by atoms with Gasteiger partial charge in [-0.25, -0.2) is 0 Å². The summed E-state index contributed by atoms with van der Waals surface area (Å²) >= 11 is 0. The summed E-state index contributed by atoms with van der Waals surface area (Å²) in [6.45, 7) is 1.21. The van der Waals surface area contributed by atoms with E-state index in [1.807, 2.05) is 6.07 Å². The highest BCUT2D eigenvalue weighted by atomic mass is 19.4. The molecule has 0 fully saturated rings. The van der Waals surface area contributed by atoms with Crippen molar-refractivity contribution in [3.05, 3.63) is 34.9 Å². The van der Waals surface area contributed by atoms with E-state index in [1.54, 1.807) is 12.1 Å². The van der Waals surface area contributed by atoms with E-state index in [0.717, 1.165) is 18.5 Å². The van der Waals surface area contributed by atoms with E-state index in [2.05, 4.69) is 10.6 Å². The Bertz CT molecular complexity index is 471. The molecule has 3 nitrogen and oxygen atoms in total. The number of benzene rings is 1. The average molecular weight is 272 g/mol. The summed E-state index contributed by atoms with van der Waals surface area (Å²) in [7, 11) is 0. The molecule has 104 valence electrons. The fraction of sp³-hybridized carbons (Fsp3) is 0.462. The first-order valence-corrected chi connectivity index (χ1v) is 6.13. The molecule has 1 amide bonds. The van der Waals surface area contributed by atoms with E-state index in [0.29, 0.717) is 12.1 Å². The van der Waals surface area contributed by atoms with Crippen molar-refractivity contribution >= 4 is 5.91 Å². The van der Waals surface area contributed by atoms with E-state index < -0.39 is 25.0 Å². The highest BCUT2D eigenvalue weighted by molar-refractivity contribution is 5.94. The molecule has 0 atom stereocenters. The predicted molar refractivity (Wildman–Crippen MR) is 64.9 cm³/mol. The molecule has 1 aliphatic rings. The largest absolute Gasteiger partial charge is 0.390 e. The van der Waals surface area contributed by atoms with Gasteiger partial charge in [0.25, 0.3) is 5.91 Å². The normalized spacial score (nSPS) is 14.9. The molecule has 1 aromatic carbocycles. The molecular formula is C13H15F3N2O. The van der Waals surface area contributed by atoms with Crippen molar-refractivity contribution in [2.75, 3.05) is 13.1 Å². The van der Waals surface area contributed by atoms with Crippen LogP contribution in [0.4, 0.5) is 13.2 Å². The van der Waals surface area contributed by atoms with Gasteiger partial charge < -0.3 is 10.6 Å². The topological polar surface area (TPSA) is 41.1 Å². The molecule has 0 aliphatic carbocycles. The molecule has 0 saturated heterocycles. The van der Waals surface area contributed by atoms with Crippen molar-refractivity contribution in [2.45, 2.75) is 25.6 Å². The number of carbonyl (C=O) groups is 1. The molecule has 0 unspecified atom stereocenters. The van der Waals surface area contributed by atoms with Gasteiger partial charge in [0.05, 0.1) is 6.42 Å². The molecule has 0 aromatic heterocycles. The van der Waals surface area contributed by atoms with Gasteiger partial charge in [-0.15, -0.1) is 0 Å². The molecule has 1 heterocycles. The van der Waals surface area contributed by atoms with Gasteiger partial charge in [-0.2, -0.15) is 13.2 Å². The lowest BCUT2D eigenvalue weighted by atomic mass is 9.98. The van der Waals surface area contributed by atoms with Crippen LogP contribution in [0.25, 0.3) is 0 Å². The maximum atomic E-state index is 12.0. The van der Waals surface area contributed by atoms with E-state index >= 15 is 0 Å². The van der Waals surface area contributed by atoms with Crippen LogP contribution in [-0.2, 0) is 13.0 Å². The maximum absolute atomic E-state index is 12.0. The number of amides is 1. The number of hydrogen-bond acceptors (Lipinski definition) is 2. The lowest BCUT2D eigenvalue weighted by Gasteiger charge is -2.17. The molecule has 0 spiro atoms. The van der Waals surface area contributed by atoms with Crippen LogP contribution in [0.15, 0.2) is 18.2 Å². The van der Waals surface area contributed by atoms with Gasteiger partial charge in [-0.05, 0) is 36.2 Å². The summed E-state index contributed by atoms with van der Waals surface area (Å²) in [5.74, 6) is -0.461. The van der Waals surface area contributed by atoms with Gasteiger partial charge in [0.2, 0.25) is 0 Å². The Hall–Kier alpha value is -1.56. The van der Waals surface area contributed by atoms with Gasteiger partial charge in [-0.1, -0.05) is 6.07 Å². The Balaban J connectivity index is 1.96. The lowest BCUT2D eigenvalue weighted by Crippen LogP contribution is -2.29. The van der Waals surface area contributed by atoms with Crippen molar-refractivity contribution in [1.82, 2.24) is 10.6 Å². The third-order valence-corrected chi connectivity index (χ3v) is 3.05. The van der Waals surface area contributed by atoms with Crippen LogP contribution < -0.4 is 10.6 Å². The molecule has 2 N–H and O–H groups in total. The van der Waals surface area contributed by atoms with Gasteiger partial charge in [0, 0.05) is 18.7 Å². The zero-order valence-corrected chi connectivity index (χ0v) is 10.3. The fourth-order valence-corrected chi connectivity index (χ4v) is 2.04. The van der Waals surface area contributed by atoms with Crippen molar-refractivity contribution < 1.29 is 18.0 Å². The minimum Gasteiger partial charge on any atom is -0.352 e. The summed E-state index contributed by atoms with van der Waals surface area (Å²) in [6.07, 6.45) is -4.34. The van der Waals surface area contributed by atoms with Crippen LogP contribution in [0.2, 0.25) is 0 Å². The van der Waals surface area contributed by atoms with Crippen molar-refractivity contribution in [2.24, 2.45) is 0 Å². The highest BCUT2D eigenvalue weighted by Crippen LogP contribution is 2.19. The minimum atomic E-state index is -4.24. The summed E-state index contributed by atoms with van der Waals surface area (Å²) in [5, 5.41) is 5.47. The third kappa shape index (κ3) is 3.96. The van der Waals surface area contributed by atoms with Crippen molar-refractivity contribution in [1.29, 1.82) is 0 Å². The molecule has 0 radical (unpaired) electrons. The van der Waals surface area contributed by atoms with Crippen molar-refractivity contribution in [3.8, 4) is 0 Å². The fourth-order valence-electron chi connectivity index (χ4n) is 2.04. The molecule has 2 rings (SSSR count). The average Bonchev–Trinajstić information content (AvgIpc) is 2.36. The standard InChI is InChI=1S/C13H15F3N2O/c14-13(15,16)4-6-18-12(19)10-2-1-9-3-5-17-8-11(9)7-10/h1-2,7,17H,3-6,8H2,(H,18,19). The van der Waals surface area contributed by atoms with Gasteiger partial charge in [-0.3, -0.25) is 4.79 Å². The maximum Gasteiger partial charge on any atom is 0.390 e. The molecule has 19 heavy (non-hydrogen) atoms. The Labute approximate surface area is 109 Å². The monoisotopic (exact) mass is 272 g/mol. The quantitative estimate of drug-likeness (QED) is 0.883. The predicted octanol–water partition coefficient (Wildman–Crippen LogP) is 2.01. The number of hydrogen-bond donors (Lipinski definition) is 2. The lowest BCUT2D eigenvalue weighted by molar-refractivity contribution is -0.132. The number of fused-ring (bicyclic) bond motifs is 1. The Kier molecular flexibility index (Phi) is 4.09. The highest BCUT2D eigenvalue weighted by Gasteiger charge is 2.26. The zero-order valence-electron chi connectivity index (χ0n) is 10.3. The SMILES string of the molecule is O=C(NCCC(F)(F)F)c1ccc2c(c1)CNCC2. The van der Waals surface area contributed by atoms with Crippen LogP contribution in [0.3, 0.4) is 0 Å². The Morgan fingerprint density at radius 1 is 1.32 bits per heavy atom. The van der Waals surface area contributed by atoms with Crippen LogP contribution in [-0.4, -0.2) is 25.2 Å². The van der Waals surface area contributed by atoms with E-state index in [1.165, 1.54) is 5.56 Å². The first-order valence-electron chi connectivity index (χ1n) is 6.13. The molecule has 0 saturated carbocycles. The summed E-state index contributed by atoms with van der Waals surface area (Å²) in [6, 6.07) is 5.27. The van der Waals surface area contributed by atoms with E-state index in [4.69, 9.17) is 0 Å². The summed E-state index contributed by atoms with van der Waals surface area (Å²) in [4.78, 5) is 11.7. The third-order valence-electron chi connectivity index (χ3n) is 3.05. The number of nitrogens with one attached hydrogen (secondary N) is 2. The zero-order chi connectivity index (χ0) is 13.9. The molecular weight excluding hydrogens is 257 g/mol. The Morgan fingerprint density at radius 3 is 2.84 bits per heavy atom. The summed E-state index contributed by atoms with van der Waals surface area (Å²) in [5.41, 5.74) is 2.63. The van der Waals surface area contributed by atoms with Crippen molar-refractivity contribution in [3.63, 3.8) is 0 Å². The van der Waals surface area contributed by atoms with Crippen LogP contribution >= 0.6 is 0 Å². The van der Waals surface area contributed by atoms with Gasteiger partial charge >= 0.3 is 6.18 Å². The first-order chi connectivity index (χ1) is 8.96. The number of rotatable bonds is 3. The second-order valence-electron chi connectivity index (χ2n) is 4.53. The van der Waals surface area contributed by atoms with Gasteiger partial charge in [0.15, 0.2) is 0 Å². The Morgan fingerprint density at radius 2 is 2.11 bits per heavy atom. The number of alkyl halides is 3. The molecule has 1 aliphatic heterocycles. The van der Waals surface area contributed by atoms with E-state index in [-0.39, 0.29) is 0 Å². The second-order valence-corrected chi connectivity index (χ2v) is 4.53. The van der Waals surface area contributed by atoms with E-state index in [9.17, 15) is 18.0 Å². The second kappa shape index (κ2) is 5.61. The van der Waals surface area contributed by atoms with Crippen LogP contribution in [0, 0.1) is 0 Å². The number of carbonyl (C=O) groups excluding carboxylic acids is 1. The minimum absolute atomic E-state index is 0.391.